The summed E-state index contributed by atoms with van der Waals surface area (Å²) >= 11 is 1.97. The molecule has 160 valence electrons. The van der Waals surface area contributed by atoms with E-state index in [1.165, 1.54) is 5.56 Å². The number of hydrogen-bond acceptors (Lipinski definition) is 8. The molecule has 0 unspecified atom stereocenters. The molecule has 1 saturated heterocycles. The molecule has 0 spiro atoms. The van der Waals surface area contributed by atoms with Crippen molar-refractivity contribution in [3.05, 3.63) is 64.3 Å². The maximum Gasteiger partial charge on any atom is 0.266 e. The normalized spacial score (nSPS) is 16.8. The van der Waals surface area contributed by atoms with E-state index in [4.69, 9.17) is 0 Å². The predicted molar refractivity (Wildman–Crippen MR) is 122 cm³/mol. The van der Waals surface area contributed by atoms with E-state index in [1.54, 1.807) is 29.2 Å². The minimum Gasteiger partial charge on any atom is -0.353 e. The Bertz CT molecular complexity index is 1100. The van der Waals surface area contributed by atoms with E-state index in [0.717, 1.165) is 73.4 Å². The number of hydrogen-bond donors (Lipinski definition) is 0. The highest BCUT2D eigenvalue weighted by Gasteiger charge is 2.20. The van der Waals surface area contributed by atoms with Crippen molar-refractivity contribution < 1.29 is 0 Å². The fraction of sp³-hybridized carbons (Fsp3) is 0.409. The first kappa shape index (κ1) is 20.1. The zero-order valence-corrected chi connectivity index (χ0v) is 18.2. The summed E-state index contributed by atoms with van der Waals surface area (Å²) < 4.78 is 1.56. The molecule has 5 heterocycles. The second-order valence-electron chi connectivity index (χ2n) is 7.82. The zero-order chi connectivity index (χ0) is 21.0. The number of aryl methyl sites for hydroxylation is 1. The second kappa shape index (κ2) is 9.15. The third-order valence-electron chi connectivity index (χ3n) is 5.85. The summed E-state index contributed by atoms with van der Waals surface area (Å²) in [5.41, 5.74) is 4.17. The highest BCUT2D eigenvalue weighted by molar-refractivity contribution is 7.98. The lowest BCUT2D eigenvalue weighted by atomic mass is 10.2. The fourth-order valence-corrected chi connectivity index (χ4v) is 4.96. The Labute approximate surface area is 185 Å². The zero-order valence-electron chi connectivity index (χ0n) is 17.4. The van der Waals surface area contributed by atoms with Crippen LogP contribution in [0.2, 0.25) is 0 Å². The summed E-state index contributed by atoms with van der Waals surface area (Å²) in [4.78, 5) is 21.0. The van der Waals surface area contributed by atoms with E-state index >= 15 is 0 Å². The van der Waals surface area contributed by atoms with Crippen LogP contribution in [0.25, 0.3) is 11.3 Å². The average molecular weight is 436 g/mol. The molecule has 0 N–H and O–H groups in total. The van der Waals surface area contributed by atoms with Crippen LogP contribution in [0.1, 0.15) is 11.3 Å². The van der Waals surface area contributed by atoms with E-state index in [2.05, 4.69) is 36.1 Å². The summed E-state index contributed by atoms with van der Waals surface area (Å²) in [6, 6.07) is 9.38. The SMILES string of the molecule is O=c1ccc(-c2ccncc2)nn1CCN1CCN(c2cc3c(nn2)CCSC3)CC1. The van der Waals surface area contributed by atoms with Gasteiger partial charge >= 0.3 is 0 Å². The molecule has 9 heteroatoms. The Balaban J connectivity index is 1.19. The lowest BCUT2D eigenvalue weighted by Gasteiger charge is -2.35. The van der Waals surface area contributed by atoms with Crippen molar-refractivity contribution in [2.24, 2.45) is 0 Å². The van der Waals surface area contributed by atoms with E-state index in [-0.39, 0.29) is 5.56 Å². The minimum absolute atomic E-state index is 0.0707. The number of anilines is 1. The predicted octanol–water partition coefficient (Wildman–Crippen LogP) is 1.71. The first-order valence-electron chi connectivity index (χ1n) is 10.7. The fourth-order valence-electron chi connectivity index (χ4n) is 4.01. The largest absolute Gasteiger partial charge is 0.353 e. The molecule has 1 fully saturated rings. The van der Waals surface area contributed by atoms with Gasteiger partial charge in [0, 0.05) is 68.9 Å². The van der Waals surface area contributed by atoms with Gasteiger partial charge in [0.2, 0.25) is 0 Å². The number of piperazine rings is 1. The van der Waals surface area contributed by atoms with Gasteiger partial charge in [0.15, 0.2) is 5.82 Å². The highest BCUT2D eigenvalue weighted by atomic mass is 32.2. The third-order valence-corrected chi connectivity index (χ3v) is 6.86. The van der Waals surface area contributed by atoms with Gasteiger partial charge in [-0.15, -0.1) is 5.10 Å². The smallest absolute Gasteiger partial charge is 0.266 e. The Morgan fingerprint density at radius 1 is 0.968 bits per heavy atom. The Morgan fingerprint density at radius 2 is 1.81 bits per heavy atom. The summed E-state index contributed by atoms with van der Waals surface area (Å²) in [5.74, 6) is 3.17. The van der Waals surface area contributed by atoms with Crippen LogP contribution in [-0.2, 0) is 18.7 Å². The Kier molecular flexibility index (Phi) is 5.95. The van der Waals surface area contributed by atoms with Gasteiger partial charge in [-0.3, -0.25) is 14.7 Å². The second-order valence-corrected chi connectivity index (χ2v) is 8.93. The van der Waals surface area contributed by atoms with Gasteiger partial charge < -0.3 is 4.90 Å². The number of pyridine rings is 1. The molecule has 5 rings (SSSR count). The highest BCUT2D eigenvalue weighted by Crippen LogP contribution is 2.25. The van der Waals surface area contributed by atoms with Crippen LogP contribution in [0.3, 0.4) is 0 Å². The number of fused-ring (bicyclic) bond motifs is 1. The van der Waals surface area contributed by atoms with Crippen LogP contribution in [0, 0.1) is 0 Å². The molecule has 8 nitrogen and oxygen atoms in total. The Morgan fingerprint density at radius 3 is 2.65 bits per heavy atom. The molecule has 0 bridgehead atoms. The van der Waals surface area contributed by atoms with Gasteiger partial charge in [-0.25, -0.2) is 4.68 Å². The van der Waals surface area contributed by atoms with Crippen molar-refractivity contribution in [2.45, 2.75) is 18.7 Å². The maximum absolute atomic E-state index is 12.3. The molecule has 0 amide bonds. The molecule has 0 saturated carbocycles. The van der Waals surface area contributed by atoms with Crippen molar-refractivity contribution in [3.63, 3.8) is 0 Å². The molecule has 0 aliphatic carbocycles. The number of rotatable bonds is 5. The molecule has 3 aromatic heterocycles. The van der Waals surface area contributed by atoms with Gasteiger partial charge in [0.05, 0.1) is 17.9 Å². The molecule has 0 atom stereocenters. The quantitative estimate of drug-likeness (QED) is 0.599. The van der Waals surface area contributed by atoms with Crippen molar-refractivity contribution in [3.8, 4) is 11.3 Å². The van der Waals surface area contributed by atoms with Crippen LogP contribution < -0.4 is 10.5 Å². The number of thioether (sulfide) groups is 1. The molecular formula is C22H25N7OS. The van der Waals surface area contributed by atoms with Gasteiger partial charge in [0.1, 0.15) is 0 Å². The van der Waals surface area contributed by atoms with E-state index in [0.29, 0.717) is 6.54 Å². The van der Waals surface area contributed by atoms with Gasteiger partial charge in [-0.05, 0) is 35.6 Å². The lowest BCUT2D eigenvalue weighted by Crippen LogP contribution is -2.48. The van der Waals surface area contributed by atoms with Crippen LogP contribution in [-0.4, -0.2) is 68.3 Å². The van der Waals surface area contributed by atoms with Crippen molar-refractivity contribution in [1.29, 1.82) is 0 Å². The van der Waals surface area contributed by atoms with Crippen LogP contribution in [0.15, 0.2) is 47.5 Å². The molecule has 3 aromatic rings. The van der Waals surface area contributed by atoms with Gasteiger partial charge in [0.25, 0.3) is 5.56 Å². The average Bonchev–Trinajstić information content (AvgIpc) is 2.84. The van der Waals surface area contributed by atoms with Gasteiger partial charge in [-0.1, -0.05) is 0 Å². The number of aromatic nitrogens is 5. The monoisotopic (exact) mass is 435 g/mol. The summed E-state index contributed by atoms with van der Waals surface area (Å²) in [7, 11) is 0. The van der Waals surface area contributed by atoms with Crippen LogP contribution in [0.4, 0.5) is 5.82 Å². The molecule has 0 aromatic carbocycles. The molecular weight excluding hydrogens is 410 g/mol. The maximum atomic E-state index is 12.3. The molecule has 31 heavy (non-hydrogen) atoms. The van der Waals surface area contributed by atoms with E-state index in [9.17, 15) is 4.79 Å². The van der Waals surface area contributed by atoms with Crippen molar-refractivity contribution in [1.82, 2.24) is 29.9 Å². The van der Waals surface area contributed by atoms with Crippen LogP contribution in [0.5, 0.6) is 0 Å². The summed E-state index contributed by atoms with van der Waals surface area (Å²) in [5, 5.41) is 13.5. The van der Waals surface area contributed by atoms with E-state index in [1.807, 2.05) is 23.9 Å². The topological polar surface area (TPSA) is 80.0 Å². The van der Waals surface area contributed by atoms with Crippen LogP contribution >= 0.6 is 11.8 Å². The molecule has 2 aliphatic rings. The lowest BCUT2D eigenvalue weighted by molar-refractivity contribution is 0.242. The first-order chi connectivity index (χ1) is 15.3. The number of nitrogens with zero attached hydrogens (tertiary/aromatic N) is 7. The standard InChI is InChI=1S/C22H25N7OS/c30-22-2-1-20(17-3-6-23-7-4-17)26-29(22)13-10-27-8-11-28(12-9-27)21-15-18-16-31-14-5-19(18)24-25-21/h1-4,6-7,15H,5,8-14,16H2. The molecule has 0 radical (unpaired) electrons. The first-order valence-corrected chi connectivity index (χ1v) is 11.8. The Hall–Kier alpha value is -2.78. The van der Waals surface area contributed by atoms with Gasteiger partial charge in [-0.2, -0.15) is 22.0 Å². The van der Waals surface area contributed by atoms with E-state index < -0.39 is 0 Å². The van der Waals surface area contributed by atoms with Crippen molar-refractivity contribution in [2.75, 3.05) is 43.4 Å². The molecule has 2 aliphatic heterocycles. The van der Waals surface area contributed by atoms with Crippen molar-refractivity contribution >= 4 is 17.6 Å². The summed E-state index contributed by atoms with van der Waals surface area (Å²) in [6.45, 7) is 5.08. The summed E-state index contributed by atoms with van der Waals surface area (Å²) in [6.07, 6.45) is 4.49. The third kappa shape index (κ3) is 4.62. The minimum atomic E-state index is -0.0707.